The standard InChI is InChI=1S/C9H13ClO3/c1-6(11)13-8-3-2-7(4-8)5-9(10)12/h7-8H,2-5H2,1H3. The predicted molar refractivity (Wildman–Crippen MR) is 48.4 cm³/mol. The largest absolute Gasteiger partial charge is 0.463 e. The van der Waals surface area contributed by atoms with Crippen molar-refractivity contribution in [1.82, 2.24) is 0 Å². The van der Waals surface area contributed by atoms with E-state index in [1.165, 1.54) is 6.92 Å². The molecule has 4 heteroatoms. The molecule has 2 atom stereocenters. The summed E-state index contributed by atoms with van der Waals surface area (Å²) in [6.45, 7) is 1.40. The number of ether oxygens (including phenoxy) is 1. The Hall–Kier alpha value is -0.570. The van der Waals surface area contributed by atoms with Crippen molar-refractivity contribution in [3.63, 3.8) is 0 Å². The van der Waals surface area contributed by atoms with Gasteiger partial charge in [-0.2, -0.15) is 0 Å². The molecule has 0 aromatic rings. The van der Waals surface area contributed by atoms with E-state index in [2.05, 4.69) is 0 Å². The fourth-order valence-electron chi connectivity index (χ4n) is 1.78. The first kappa shape index (κ1) is 10.5. The van der Waals surface area contributed by atoms with E-state index < -0.39 is 0 Å². The van der Waals surface area contributed by atoms with E-state index in [4.69, 9.17) is 16.3 Å². The molecule has 0 heterocycles. The quantitative estimate of drug-likeness (QED) is 0.521. The van der Waals surface area contributed by atoms with Gasteiger partial charge in [0.1, 0.15) is 6.10 Å². The highest BCUT2D eigenvalue weighted by Gasteiger charge is 2.27. The third-order valence-electron chi connectivity index (χ3n) is 2.27. The molecule has 3 nitrogen and oxygen atoms in total. The second-order valence-electron chi connectivity index (χ2n) is 3.47. The van der Waals surface area contributed by atoms with Crippen LogP contribution in [0, 0.1) is 5.92 Å². The van der Waals surface area contributed by atoms with Crippen LogP contribution in [-0.2, 0) is 14.3 Å². The molecule has 1 fully saturated rings. The minimum atomic E-state index is -0.298. The van der Waals surface area contributed by atoms with Gasteiger partial charge in [-0.05, 0) is 36.8 Å². The summed E-state index contributed by atoms with van der Waals surface area (Å²) in [4.78, 5) is 21.2. The van der Waals surface area contributed by atoms with Crippen molar-refractivity contribution in [2.24, 2.45) is 5.92 Å². The van der Waals surface area contributed by atoms with Crippen molar-refractivity contribution in [2.75, 3.05) is 0 Å². The number of rotatable bonds is 3. The van der Waals surface area contributed by atoms with E-state index >= 15 is 0 Å². The molecule has 13 heavy (non-hydrogen) atoms. The molecule has 2 unspecified atom stereocenters. The molecule has 1 aliphatic carbocycles. The summed E-state index contributed by atoms with van der Waals surface area (Å²) in [6.07, 6.45) is 2.96. The van der Waals surface area contributed by atoms with E-state index in [1.807, 2.05) is 0 Å². The van der Waals surface area contributed by atoms with Gasteiger partial charge in [-0.15, -0.1) is 0 Å². The van der Waals surface area contributed by atoms with Crippen LogP contribution in [0.15, 0.2) is 0 Å². The van der Waals surface area contributed by atoms with E-state index in [0.29, 0.717) is 12.3 Å². The maximum absolute atomic E-state index is 10.6. The first-order valence-corrected chi connectivity index (χ1v) is 4.81. The fraction of sp³-hybridized carbons (Fsp3) is 0.778. The molecule has 0 bridgehead atoms. The number of halogens is 1. The Balaban J connectivity index is 2.27. The van der Waals surface area contributed by atoms with Crippen LogP contribution >= 0.6 is 11.6 Å². The van der Waals surface area contributed by atoms with Gasteiger partial charge in [-0.25, -0.2) is 0 Å². The van der Waals surface area contributed by atoms with Crippen molar-refractivity contribution in [3.8, 4) is 0 Å². The highest BCUT2D eigenvalue weighted by atomic mass is 35.5. The van der Waals surface area contributed by atoms with Gasteiger partial charge in [0.15, 0.2) is 0 Å². The molecule has 1 rings (SSSR count). The SMILES string of the molecule is CC(=O)OC1CCC(CC(=O)Cl)C1. The molecule has 0 aliphatic heterocycles. The Kier molecular flexibility index (Phi) is 3.72. The third-order valence-corrected chi connectivity index (χ3v) is 2.43. The maximum atomic E-state index is 10.6. The van der Waals surface area contributed by atoms with E-state index in [-0.39, 0.29) is 17.3 Å². The van der Waals surface area contributed by atoms with Crippen molar-refractivity contribution in [3.05, 3.63) is 0 Å². The van der Waals surface area contributed by atoms with Crippen molar-refractivity contribution in [2.45, 2.75) is 38.7 Å². The molecular formula is C9H13ClO3. The summed E-state index contributed by atoms with van der Waals surface area (Å²) in [5.41, 5.74) is 0. The Morgan fingerprint density at radius 3 is 2.69 bits per heavy atom. The molecule has 0 radical (unpaired) electrons. The lowest BCUT2D eigenvalue weighted by molar-refractivity contribution is -0.146. The molecule has 74 valence electrons. The summed E-state index contributed by atoms with van der Waals surface area (Å²) < 4.78 is 5.03. The number of hydrogen-bond acceptors (Lipinski definition) is 3. The Labute approximate surface area is 82.4 Å². The van der Waals surface area contributed by atoms with Crippen LogP contribution in [-0.4, -0.2) is 17.3 Å². The summed E-state index contributed by atoms with van der Waals surface area (Å²) in [5.74, 6) is 0.0530. The normalized spacial score (nSPS) is 27.2. The zero-order valence-corrected chi connectivity index (χ0v) is 8.34. The van der Waals surface area contributed by atoms with Gasteiger partial charge in [0.25, 0.3) is 0 Å². The summed E-state index contributed by atoms with van der Waals surface area (Å²) in [6, 6.07) is 0. The van der Waals surface area contributed by atoms with E-state index in [0.717, 1.165) is 19.3 Å². The molecule has 0 saturated heterocycles. The topological polar surface area (TPSA) is 43.4 Å². The molecule has 0 N–H and O–H groups in total. The highest BCUT2D eigenvalue weighted by Crippen LogP contribution is 2.30. The first-order valence-electron chi connectivity index (χ1n) is 4.43. The van der Waals surface area contributed by atoms with E-state index in [1.54, 1.807) is 0 Å². The lowest BCUT2D eigenvalue weighted by Crippen LogP contribution is -2.12. The second-order valence-corrected chi connectivity index (χ2v) is 3.89. The average molecular weight is 205 g/mol. The number of carbonyl (C=O) groups excluding carboxylic acids is 2. The van der Waals surface area contributed by atoms with Crippen LogP contribution < -0.4 is 0 Å². The van der Waals surface area contributed by atoms with Crippen LogP contribution in [0.25, 0.3) is 0 Å². The number of esters is 1. The minimum Gasteiger partial charge on any atom is -0.463 e. The van der Waals surface area contributed by atoms with Gasteiger partial charge in [-0.3, -0.25) is 9.59 Å². The monoisotopic (exact) mass is 204 g/mol. The van der Waals surface area contributed by atoms with Gasteiger partial charge >= 0.3 is 5.97 Å². The van der Waals surface area contributed by atoms with Crippen LogP contribution in [0.2, 0.25) is 0 Å². The van der Waals surface area contributed by atoms with Gasteiger partial charge in [0.2, 0.25) is 5.24 Å². The van der Waals surface area contributed by atoms with Gasteiger partial charge in [-0.1, -0.05) is 0 Å². The molecule has 0 amide bonds. The summed E-state index contributed by atoms with van der Waals surface area (Å²) >= 11 is 5.26. The number of carbonyl (C=O) groups is 2. The molecule has 0 spiro atoms. The van der Waals surface area contributed by atoms with Gasteiger partial charge in [0, 0.05) is 13.3 Å². The van der Waals surface area contributed by atoms with Gasteiger partial charge < -0.3 is 4.74 Å². The maximum Gasteiger partial charge on any atom is 0.302 e. The summed E-state index contributed by atoms with van der Waals surface area (Å²) in [5, 5.41) is -0.298. The third kappa shape index (κ3) is 3.77. The van der Waals surface area contributed by atoms with Crippen LogP contribution in [0.1, 0.15) is 32.6 Å². The lowest BCUT2D eigenvalue weighted by atomic mass is 10.1. The molecule has 1 aliphatic rings. The number of hydrogen-bond donors (Lipinski definition) is 0. The molecule has 0 aromatic carbocycles. The van der Waals surface area contributed by atoms with Crippen LogP contribution in [0.4, 0.5) is 0 Å². The van der Waals surface area contributed by atoms with E-state index in [9.17, 15) is 9.59 Å². The highest BCUT2D eigenvalue weighted by molar-refractivity contribution is 6.63. The van der Waals surface area contributed by atoms with Crippen molar-refractivity contribution < 1.29 is 14.3 Å². The predicted octanol–water partition coefficient (Wildman–Crippen LogP) is 1.87. The Morgan fingerprint density at radius 2 is 2.15 bits per heavy atom. The minimum absolute atomic E-state index is 0.00137. The zero-order chi connectivity index (χ0) is 9.84. The van der Waals surface area contributed by atoms with Gasteiger partial charge in [0.05, 0.1) is 0 Å². The zero-order valence-electron chi connectivity index (χ0n) is 7.59. The summed E-state index contributed by atoms with van der Waals surface area (Å²) in [7, 11) is 0. The van der Waals surface area contributed by atoms with Crippen LogP contribution in [0.5, 0.6) is 0 Å². The van der Waals surface area contributed by atoms with Crippen molar-refractivity contribution >= 4 is 22.8 Å². The molecule has 1 saturated carbocycles. The molecular weight excluding hydrogens is 192 g/mol. The smallest absolute Gasteiger partial charge is 0.302 e. The fourth-order valence-corrected chi connectivity index (χ4v) is 2.00. The van der Waals surface area contributed by atoms with Crippen LogP contribution in [0.3, 0.4) is 0 Å². The second kappa shape index (κ2) is 4.61. The van der Waals surface area contributed by atoms with Crippen molar-refractivity contribution in [1.29, 1.82) is 0 Å². The average Bonchev–Trinajstić information content (AvgIpc) is 2.33. The Morgan fingerprint density at radius 1 is 1.46 bits per heavy atom. The Bertz CT molecular complexity index is 193. The lowest BCUT2D eigenvalue weighted by Gasteiger charge is -2.09. The molecule has 0 aromatic heterocycles. The first-order chi connectivity index (χ1) is 6.08.